The highest BCUT2D eigenvalue weighted by molar-refractivity contribution is 5.92. The minimum absolute atomic E-state index is 0.0745. The Bertz CT molecular complexity index is 523. The summed E-state index contributed by atoms with van der Waals surface area (Å²) in [6.07, 6.45) is -4.75. The molecule has 0 bridgehead atoms. The Labute approximate surface area is 112 Å². The van der Waals surface area contributed by atoms with E-state index in [2.05, 4.69) is 10.1 Å². The van der Waals surface area contributed by atoms with Crippen molar-refractivity contribution in [3.63, 3.8) is 0 Å². The summed E-state index contributed by atoms with van der Waals surface area (Å²) in [6.45, 7) is -1.84. The Morgan fingerprint density at radius 3 is 2.70 bits per heavy atom. The second-order valence-corrected chi connectivity index (χ2v) is 3.77. The fourth-order valence-electron chi connectivity index (χ4n) is 1.28. The third-order valence-electron chi connectivity index (χ3n) is 2.12. The van der Waals surface area contributed by atoms with Gasteiger partial charge in [-0.25, -0.2) is 4.39 Å². The van der Waals surface area contributed by atoms with Crippen LogP contribution in [0.3, 0.4) is 0 Å². The summed E-state index contributed by atoms with van der Waals surface area (Å²) in [7, 11) is 0. The number of halogens is 4. The SMILES string of the molecule is N#Cc1cc(F)ccc1NC(=O)CCOCC(F)(F)F. The van der Waals surface area contributed by atoms with Crippen LogP contribution in [0.5, 0.6) is 0 Å². The number of anilines is 1. The molecule has 108 valence electrons. The zero-order valence-corrected chi connectivity index (χ0v) is 10.1. The quantitative estimate of drug-likeness (QED) is 0.669. The van der Waals surface area contributed by atoms with Gasteiger partial charge in [0.05, 0.1) is 24.3 Å². The molecule has 1 rings (SSSR count). The lowest BCUT2D eigenvalue weighted by Crippen LogP contribution is -2.20. The van der Waals surface area contributed by atoms with Gasteiger partial charge in [0.25, 0.3) is 0 Å². The number of hydrogen-bond acceptors (Lipinski definition) is 3. The summed E-state index contributed by atoms with van der Waals surface area (Å²) in [5, 5.41) is 11.0. The van der Waals surface area contributed by atoms with E-state index in [0.717, 1.165) is 12.1 Å². The largest absolute Gasteiger partial charge is 0.411 e. The first-order valence-corrected chi connectivity index (χ1v) is 5.46. The van der Waals surface area contributed by atoms with Crippen molar-refractivity contribution in [2.45, 2.75) is 12.6 Å². The molecule has 0 aliphatic carbocycles. The van der Waals surface area contributed by atoms with Crippen molar-refractivity contribution in [3.8, 4) is 6.07 Å². The molecule has 0 spiro atoms. The average molecular weight is 290 g/mol. The molecule has 0 radical (unpaired) electrons. The van der Waals surface area contributed by atoms with E-state index in [4.69, 9.17) is 5.26 Å². The molecule has 8 heteroatoms. The monoisotopic (exact) mass is 290 g/mol. The molecule has 4 nitrogen and oxygen atoms in total. The highest BCUT2D eigenvalue weighted by Crippen LogP contribution is 2.17. The third kappa shape index (κ3) is 5.67. The smallest absolute Gasteiger partial charge is 0.372 e. The summed E-state index contributed by atoms with van der Waals surface area (Å²) in [4.78, 5) is 11.4. The zero-order valence-electron chi connectivity index (χ0n) is 10.1. The molecule has 1 aromatic carbocycles. The van der Waals surface area contributed by atoms with Crippen LogP contribution in [0.4, 0.5) is 23.2 Å². The van der Waals surface area contributed by atoms with E-state index in [-0.39, 0.29) is 17.7 Å². The van der Waals surface area contributed by atoms with Crippen molar-refractivity contribution >= 4 is 11.6 Å². The Kier molecular flexibility index (Phi) is 5.46. The number of carbonyl (C=O) groups is 1. The van der Waals surface area contributed by atoms with Gasteiger partial charge >= 0.3 is 6.18 Å². The molecule has 0 unspecified atom stereocenters. The minimum atomic E-state index is -4.44. The van der Waals surface area contributed by atoms with Crippen LogP contribution in [0.2, 0.25) is 0 Å². The lowest BCUT2D eigenvalue weighted by molar-refractivity contribution is -0.174. The molecule has 0 saturated heterocycles. The van der Waals surface area contributed by atoms with Gasteiger partial charge in [0.2, 0.25) is 5.91 Å². The van der Waals surface area contributed by atoms with Crippen molar-refractivity contribution in [3.05, 3.63) is 29.6 Å². The molecular formula is C12H10F4N2O2. The van der Waals surface area contributed by atoms with Crippen LogP contribution in [0.1, 0.15) is 12.0 Å². The van der Waals surface area contributed by atoms with Gasteiger partial charge in [0.15, 0.2) is 0 Å². The highest BCUT2D eigenvalue weighted by atomic mass is 19.4. The molecule has 0 heterocycles. The maximum Gasteiger partial charge on any atom is 0.411 e. The number of amides is 1. The fourth-order valence-corrected chi connectivity index (χ4v) is 1.28. The van der Waals surface area contributed by atoms with Crippen LogP contribution in [-0.2, 0) is 9.53 Å². The zero-order chi connectivity index (χ0) is 15.2. The predicted octanol–water partition coefficient (Wildman–Crippen LogP) is 2.60. The van der Waals surface area contributed by atoms with Crippen LogP contribution >= 0.6 is 0 Å². The Morgan fingerprint density at radius 1 is 1.40 bits per heavy atom. The molecule has 0 atom stereocenters. The summed E-state index contributed by atoms with van der Waals surface area (Å²) in [5.74, 6) is -1.26. The topological polar surface area (TPSA) is 62.1 Å². The number of nitriles is 1. The Hall–Kier alpha value is -2.14. The molecular weight excluding hydrogens is 280 g/mol. The number of carbonyl (C=O) groups excluding carboxylic acids is 1. The molecule has 0 fully saturated rings. The van der Waals surface area contributed by atoms with Crippen molar-refractivity contribution in [1.82, 2.24) is 0 Å². The van der Waals surface area contributed by atoms with Gasteiger partial charge in [0.1, 0.15) is 18.5 Å². The maximum absolute atomic E-state index is 12.8. The van der Waals surface area contributed by atoms with E-state index in [9.17, 15) is 22.4 Å². The van der Waals surface area contributed by atoms with Gasteiger partial charge in [-0.1, -0.05) is 0 Å². The van der Waals surface area contributed by atoms with Crippen molar-refractivity contribution < 1.29 is 27.1 Å². The first kappa shape index (κ1) is 15.9. The number of alkyl halides is 3. The molecule has 20 heavy (non-hydrogen) atoms. The lowest BCUT2D eigenvalue weighted by Gasteiger charge is -2.09. The molecule has 0 aliphatic rings. The number of hydrogen-bond donors (Lipinski definition) is 1. The van der Waals surface area contributed by atoms with E-state index < -0.39 is 31.1 Å². The summed E-state index contributed by atoms with van der Waals surface area (Å²) < 4.78 is 52.4. The van der Waals surface area contributed by atoms with Crippen LogP contribution in [0.25, 0.3) is 0 Å². The second-order valence-electron chi connectivity index (χ2n) is 3.77. The standard InChI is InChI=1S/C12H10F4N2O2/c13-9-1-2-10(8(5-9)6-17)18-11(19)3-4-20-7-12(14,15)16/h1-2,5H,3-4,7H2,(H,18,19). The van der Waals surface area contributed by atoms with Gasteiger partial charge in [-0.3, -0.25) is 4.79 Å². The van der Waals surface area contributed by atoms with Crippen LogP contribution in [0.15, 0.2) is 18.2 Å². The van der Waals surface area contributed by atoms with Crippen molar-refractivity contribution in [1.29, 1.82) is 5.26 Å². The Morgan fingerprint density at radius 2 is 2.10 bits per heavy atom. The number of nitrogens with zero attached hydrogens (tertiary/aromatic N) is 1. The normalized spacial score (nSPS) is 10.9. The second kappa shape index (κ2) is 6.86. The van der Waals surface area contributed by atoms with Gasteiger partial charge in [0, 0.05) is 0 Å². The molecule has 0 saturated carbocycles. The van der Waals surface area contributed by atoms with E-state index in [1.807, 2.05) is 0 Å². The van der Waals surface area contributed by atoms with E-state index in [0.29, 0.717) is 0 Å². The number of rotatable bonds is 5. The first-order valence-electron chi connectivity index (χ1n) is 5.46. The first-order chi connectivity index (χ1) is 9.31. The Balaban J connectivity index is 2.45. The average Bonchev–Trinajstić information content (AvgIpc) is 2.35. The highest BCUT2D eigenvalue weighted by Gasteiger charge is 2.27. The van der Waals surface area contributed by atoms with Gasteiger partial charge in [-0.15, -0.1) is 0 Å². The molecule has 1 amide bonds. The van der Waals surface area contributed by atoms with Crippen LogP contribution in [-0.4, -0.2) is 25.3 Å². The van der Waals surface area contributed by atoms with Crippen LogP contribution < -0.4 is 5.32 Å². The molecule has 1 aromatic rings. The van der Waals surface area contributed by atoms with E-state index in [1.54, 1.807) is 6.07 Å². The van der Waals surface area contributed by atoms with Gasteiger partial charge in [-0.2, -0.15) is 18.4 Å². The number of benzene rings is 1. The maximum atomic E-state index is 12.8. The number of ether oxygens (including phenoxy) is 1. The summed E-state index contributed by atoms with van der Waals surface area (Å²) in [5.41, 5.74) is 0.0179. The van der Waals surface area contributed by atoms with Crippen molar-refractivity contribution in [2.24, 2.45) is 0 Å². The van der Waals surface area contributed by atoms with Gasteiger partial charge < -0.3 is 10.1 Å². The van der Waals surface area contributed by atoms with Gasteiger partial charge in [-0.05, 0) is 18.2 Å². The van der Waals surface area contributed by atoms with Crippen LogP contribution in [0, 0.1) is 17.1 Å². The number of nitrogens with one attached hydrogen (secondary N) is 1. The lowest BCUT2D eigenvalue weighted by atomic mass is 10.2. The molecule has 0 aromatic heterocycles. The van der Waals surface area contributed by atoms with E-state index in [1.165, 1.54) is 6.07 Å². The van der Waals surface area contributed by atoms with E-state index >= 15 is 0 Å². The van der Waals surface area contributed by atoms with Crippen molar-refractivity contribution in [2.75, 3.05) is 18.5 Å². The minimum Gasteiger partial charge on any atom is -0.372 e. The fraction of sp³-hybridized carbons (Fsp3) is 0.333. The molecule has 1 N–H and O–H groups in total. The predicted molar refractivity (Wildman–Crippen MR) is 61.2 cm³/mol. The summed E-state index contributed by atoms with van der Waals surface area (Å²) >= 11 is 0. The molecule has 0 aliphatic heterocycles. The summed E-state index contributed by atoms with van der Waals surface area (Å²) in [6, 6.07) is 4.88. The third-order valence-corrected chi connectivity index (χ3v) is 2.12.